The minimum absolute atomic E-state index is 0.00343. The minimum atomic E-state index is -3.42. The first kappa shape index (κ1) is 13.0. The fourth-order valence-electron chi connectivity index (χ4n) is 2.07. The van der Waals surface area contributed by atoms with Gasteiger partial charge in [0, 0.05) is 12.2 Å². The number of hydrogen-bond donors (Lipinski definition) is 1. The number of pyridine rings is 1. The van der Waals surface area contributed by atoms with Crippen LogP contribution in [-0.2, 0) is 9.84 Å². The molecule has 96 valence electrons. The fourth-order valence-corrected chi connectivity index (χ4v) is 3.58. The Morgan fingerprint density at radius 3 is 3.00 bits per heavy atom. The number of sulfone groups is 1. The molecule has 1 saturated heterocycles. The van der Waals surface area contributed by atoms with Crippen LogP contribution < -0.4 is 5.32 Å². The third-order valence-electron chi connectivity index (χ3n) is 3.02. The zero-order valence-corrected chi connectivity index (χ0v) is 10.8. The minimum Gasteiger partial charge on any atom is -0.313 e. The molecule has 6 heteroatoms. The molecule has 0 amide bonds. The molecule has 1 N–H and O–H groups in total. The Kier molecular flexibility index (Phi) is 3.94. The smallest absolute Gasteiger partial charge is 0.197 e. The number of aromatic nitrogens is 1. The highest BCUT2D eigenvalue weighted by atomic mass is 32.2. The average Bonchev–Trinajstić information content (AvgIpc) is 2.39. The van der Waals surface area contributed by atoms with E-state index in [2.05, 4.69) is 10.3 Å². The van der Waals surface area contributed by atoms with Crippen molar-refractivity contribution in [3.63, 3.8) is 0 Å². The predicted molar refractivity (Wildman–Crippen MR) is 66.6 cm³/mol. The van der Waals surface area contributed by atoms with Crippen LogP contribution in [0.5, 0.6) is 0 Å². The van der Waals surface area contributed by atoms with E-state index in [1.807, 2.05) is 6.07 Å². The maximum absolute atomic E-state index is 12.2. The van der Waals surface area contributed by atoms with Gasteiger partial charge in [-0.05, 0) is 31.5 Å². The SMILES string of the molecule is N#Cc1ccnc(S(=O)(=O)CC2CCCCN2)c1. The number of hydrogen-bond acceptors (Lipinski definition) is 5. The average molecular weight is 265 g/mol. The molecule has 1 aliphatic heterocycles. The molecule has 2 heterocycles. The molecule has 1 aromatic rings. The summed E-state index contributed by atoms with van der Waals surface area (Å²) in [5.74, 6) is 0.0505. The molecule has 0 bridgehead atoms. The van der Waals surface area contributed by atoms with Crippen LogP contribution in [0.4, 0.5) is 0 Å². The van der Waals surface area contributed by atoms with Crippen LogP contribution in [0.15, 0.2) is 23.4 Å². The lowest BCUT2D eigenvalue weighted by Crippen LogP contribution is -2.39. The summed E-state index contributed by atoms with van der Waals surface area (Å²) >= 11 is 0. The molecule has 0 radical (unpaired) electrons. The van der Waals surface area contributed by atoms with Crippen molar-refractivity contribution in [2.24, 2.45) is 0 Å². The zero-order chi connectivity index (χ0) is 13.0. The van der Waals surface area contributed by atoms with Crippen LogP contribution in [0.25, 0.3) is 0 Å². The maximum Gasteiger partial charge on any atom is 0.197 e. The molecule has 5 nitrogen and oxygen atoms in total. The summed E-state index contributed by atoms with van der Waals surface area (Å²) < 4.78 is 24.3. The molecule has 0 spiro atoms. The highest BCUT2D eigenvalue weighted by Crippen LogP contribution is 2.15. The van der Waals surface area contributed by atoms with Crippen molar-refractivity contribution in [3.05, 3.63) is 23.9 Å². The van der Waals surface area contributed by atoms with Crippen molar-refractivity contribution in [2.75, 3.05) is 12.3 Å². The lowest BCUT2D eigenvalue weighted by atomic mass is 10.1. The van der Waals surface area contributed by atoms with Crippen LogP contribution in [0.2, 0.25) is 0 Å². The van der Waals surface area contributed by atoms with Gasteiger partial charge in [0.05, 0.1) is 17.4 Å². The Bertz CT molecular complexity index is 557. The molecule has 18 heavy (non-hydrogen) atoms. The van der Waals surface area contributed by atoms with E-state index in [-0.39, 0.29) is 16.8 Å². The molecule has 0 aliphatic carbocycles. The topological polar surface area (TPSA) is 82.8 Å². The number of piperidine rings is 1. The summed E-state index contributed by atoms with van der Waals surface area (Å²) in [5, 5.41) is 12.0. The largest absolute Gasteiger partial charge is 0.313 e. The van der Waals surface area contributed by atoms with E-state index in [0.717, 1.165) is 25.8 Å². The van der Waals surface area contributed by atoms with Gasteiger partial charge in [0.15, 0.2) is 14.9 Å². The lowest BCUT2D eigenvalue weighted by Gasteiger charge is -2.22. The maximum atomic E-state index is 12.2. The van der Waals surface area contributed by atoms with E-state index in [0.29, 0.717) is 5.56 Å². The molecular formula is C12H15N3O2S. The molecule has 1 aromatic heterocycles. The third-order valence-corrected chi connectivity index (χ3v) is 4.72. The van der Waals surface area contributed by atoms with Gasteiger partial charge in [0.1, 0.15) is 0 Å². The van der Waals surface area contributed by atoms with Gasteiger partial charge < -0.3 is 5.32 Å². The Morgan fingerprint density at radius 2 is 2.33 bits per heavy atom. The van der Waals surface area contributed by atoms with Crippen molar-refractivity contribution in [1.29, 1.82) is 5.26 Å². The van der Waals surface area contributed by atoms with Gasteiger partial charge in [-0.2, -0.15) is 5.26 Å². The van der Waals surface area contributed by atoms with Gasteiger partial charge in [0.25, 0.3) is 0 Å². The Labute approximate surface area is 107 Å². The highest BCUT2D eigenvalue weighted by molar-refractivity contribution is 7.91. The Balaban J connectivity index is 2.17. The lowest BCUT2D eigenvalue weighted by molar-refractivity contribution is 0.423. The normalized spacial score (nSPS) is 20.3. The quantitative estimate of drug-likeness (QED) is 0.876. The van der Waals surface area contributed by atoms with Gasteiger partial charge in [-0.15, -0.1) is 0 Å². The van der Waals surface area contributed by atoms with Gasteiger partial charge >= 0.3 is 0 Å². The molecule has 1 fully saturated rings. The molecule has 1 aliphatic rings. The first-order chi connectivity index (χ1) is 8.62. The van der Waals surface area contributed by atoms with Crippen LogP contribution in [0.1, 0.15) is 24.8 Å². The summed E-state index contributed by atoms with van der Waals surface area (Å²) in [4.78, 5) is 3.86. The zero-order valence-electron chi connectivity index (χ0n) is 9.96. The van der Waals surface area contributed by atoms with Crippen molar-refractivity contribution < 1.29 is 8.42 Å². The van der Waals surface area contributed by atoms with E-state index in [1.165, 1.54) is 18.3 Å². The first-order valence-electron chi connectivity index (χ1n) is 5.94. The summed E-state index contributed by atoms with van der Waals surface area (Å²) in [6.45, 7) is 0.867. The number of nitrogens with zero attached hydrogens (tertiary/aromatic N) is 2. The predicted octanol–water partition coefficient (Wildman–Crippen LogP) is 0.869. The van der Waals surface area contributed by atoms with Gasteiger partial charge in [-0.25, -0.2) is 13.4 Å². The van der Waals surface area contributed by atoms with Crippen LogP contribution in [-0.4, -0.2) is 31.7 Å². The van der Waals surface area contributed by atoms with E-state index in [1.54, 1.807) is 0 Å². The van der Waals surface area contributed by atoms with Crippen LogP contribution in [0.3, 0.4) is 0 Å². The van der Waals surface area contributed by atoms with Crippen molar-refractivity contribution in [1.82, 2.24) is 10.3 Å². The second-order valence-electron chi connectivity index (χ2n) is 4.42. The molecule has 0 saturated carbocycles. The number of rotatable bonds is 3. The Morgan fingerprint density at radius 1 is 1.50 bits per heavy atom. The second-order valence-corrected chi connectivity index (χ2v) is 6.40. The van der Waals surface area contributed by atoms with E-state index in [9.17, 15) is 8.42 Å². The summed E-state index contributed by atoms with van der Waals surface area (Å²) in [6, 6.07) is 4.75. The summed E-state index contributed by atoms with van der Waals surface area (Å²) in [7, 11) is -3.42. The highest BCUT2D eigenvalue weighted by Gasteiger charge is 2.23. The van der Waals surface area contributed by atoms with Gasteiger partial charge in [-0.3, -0.25) is 0 Å². The molecule has 1 atom stereocenters. The number of nitrogens with one attached hydrogen (secondary N) is 1. The molecule has 1 unspecified atom stereocenters. The van der Waals surface area contributed by atoms with Gasteiger partial charge in [-0.1, -0.05) is 6.42 Å². The Hall–Kier alpha value is -1.45. The van der Waals surface area contributed by atoms with E-state index in [4.69, 9.17) is 5.26 Å². The van der Waals surface area contributed by atoms with Crippen LogP contribution in [0, 0.1) is 11.3 Å². The van der Waals surface area contributed by atoms with Crippen molar-refractivity contribution in [3.8, 4) is 6.07 Å². The molecule has 0 aromatic carbocycles. The molecular weight excluding hydrogens is 250 g/mol. The summed E-state index contributed by atoms with van der Waals surface area (Å²) in [6.07, 6.45) is 4.38. The second kappa shape index (κ2) is 5.46. The monoisotopic (exact) mass is 265 g/mol. The summed E-state index contributed by atoms with van der Waals surface area (Å²) in [5.41, 5.74) is 0.320. The third kappa shape index (κ3) is 3.06. The van der Waals surface area contributed by atoms with Crippen molar-refractivity contribution in [2.45, 2.75) is 30.3 Å². The van der Waals surface area contributed by atoms with Crippen molar-refractivity contribution >= 4 is 9.84 Å². The number of nitriles is 1. The molecule has 2 rings (SSSR count). The standard InChI is InChI=1S/C12H15N3O2S/c13-8-10-4-6-15-12(7-10)18(16,17)9-11-3-1-2-5-14-11/h4,6-7,11,14H,1-3,5,9H2. The van der Waals surface area contributed by atoms with E-state index < -0.39 is 9.84 Å². The van der Waals surface area contributed by atoms with Gasteiger partial charge in [0.2, 0.25) is 0 Å². The fraction of sp³-hybridized carbons (Fsp3) is 0.500. The first-order valence-corrected chi connectivity index (χ1v) is 7.59. The van der Waals surface area contributed by atoms with E-state index >= 15 is 0 Å². The van der Waals surface area contributed by atoms with Crippen LogP contribution >= 0.6 is 0 Å².